The molecule has 0 saturated carbocycles. The summed E-state index contributed by atoms with van der Waals surface area (Å²) >= 11 is 0. The van der Waals surface area contributed by atoms with Crippen molar-refractivity contribution >= 4 is 0 Å². The van der Waals surface area contributed by atoms with Crippen LogP contribution in [0.4, 0.5) is 22.0 Å². The van der Waals surface area contributed by atoms with Crippen molar-refractivity contribution in [2.24, 2.45) is 0 Å². The first kappa shape index (κ1) is 11.6. The van der Waals surface area contributed by atoms with E-state index in [1.54, 1.807) is 0 Å². The van der Waals surface area contributed by atoms with Crippen LogP contribution in [-0.4, -0.2) is 37.6 Å². The van der Waals surface area contributed by atoms with E-state index < -0.39 is 18.5 Å². The summed E-state index contributed by atoms with van der Waals surface area (Å²) in [6.07, 6.45) is -6.62. The van der Waals surface area contributed by atoms with Gasteiger partial charge in [-0.25, -0.2) is 0 Å². The van der Waals surface area contributed by atoms with Crippen LogP contribution in [0.3, 0.4) is 0 Å². The van der Waals surface area contributed by atoms with Gasteiger partial charge in [-0.1, -0.05) is 0 Å². The highest BCUT2D eigenvalue weighted by Gasteiger charge is 2.56. The van der Waals surface area contributed by atoms with Crippen LogP contribution in [0.25, 0.3) is 0 Å². The first-order chi connectivity index (χ1) is 5.17. The maximum Gasteiger partial charge on any atom is 0.453 e. The normalized spacial score (nSPS) is 14.0. The minimum atomic E-state index is -5.43. The molecule has 0 aliphatic heterocycles. The minimum absolute atomic E-state index is 0.285. The van der Waals surface area contributed by atoms with Gasteiger partial charge in [-0.3, -0.25) is 0 Å². The SMILES string of the molecule is CN(C)CCC(F)(F)C(F)(F)F. The molecule has 0 heterocycles. The lowest BCUT2D eigenvalue weighted by molar-refractivity contribution is -0.284. The van der Waals surface area contributed by atoms with E-state index in [0.29, 0.717) is 0 Å². The summed E-state index contributed by atoms with van der Waals surface area (Å²) in [6, 6.07) is 0. The largest absolute Gasteiger partial charge is 0.453 e. The molecule has 0 aromatic heterocycles. The van der Waals surface area contributed by atoms with Crippen molar-refractivity contribution in [3.8, 4) is 0 Å². The van der Waals surface area contributed by atoms with Crippen LogP contribution in [-0.2, 0) is 0 Å². The predicted octanol–water partition coefficient (Wildman–Crippen LogP) is 2.14. The highest BCUT2D eigenvalue weighted by molar-refractivity contribution is 4.76. The minimum Gasteiger partial charge on any atom is -0.309 e. The van der Waals surface area contributed by atoms with Gasteiger partial charge in [-0.2, -0.15) is 22.0 Å². The summed E-state index contributed by atoms with van der Waals surface area (Å²) in [5.74, 6) is -4.57. The van der Waals surface area contributed by atoms with Crippen LogP contribution in [0.2, 0.25) is 0 Å². The van der Waals surface area contributed by atoms with E-state index in [1.807, 2.05) is 0 Å². The second kappa shape index (κ2) is 3.55. The van der Waals surface area contributed by atoms with E-state index in [-0.39, 0.29) is 6.54 Å². The van der Waals surface area contributed by atoms with Gasteiger partial charge in [-0.05, 0) is 14.1 Å². The van der Waals surface area contributed by atoms with E-state index in [4.69, 9.17) is 0 Å². The zero-order chi connectivity index (χ0) is 9.99. The zero-order valence-electron chi connectivity index (χ0n) is 6.75. The Kier molecular flexibility index (Phi) is 3.44. The van der Waals surface area contributed by atoms with E-state index in [1.165, 1.54) is 19.0 Å². The molecule has 0 radical (unpaired) electrons. The Morgan fingerprint density at radius 3 is 1.67 bits per heavy atom. The molecule has 12 heavy (non-hydrogen) atoms. The van der Waals surface area contributed by atoms with Gasteiger partial charge < -0.3 is 4.90 Å². The number of hydrogen-bond donors (Lipinski definition) is 0. The first-order valence-corrected chi connectivity index (χ1v) is 3.26. The molecule has 0 aromatic carbocycles. The third-order valence-corrected chi connectivity index (χ3v) is 1.29. The number of alkyl halides is 5. The maximum absolute atomic E-state index is 12.1. The summed E-state index contributed by atoms with van der Waals surface area (Å²) in [5.41, 5.74) is 0. The highest BCUT2D eigenvalue weighted by Crippen LogP contribution is 2.37. The van der Waals surface area contributed by atoms with Gasteiger partial charge in [0, 0.05) is 13.0 Å². The lowest BCUT2D eigenvalue weighted by Gasteiger charge is -2.21. The van der Waals surface area contributed by atoms with Crippen molar-refractivity contribution < 1.29 is 22.0 Å². The average Bonchev–Trinajstić information content (AvgIpc) is 1.81. The van der Waals surface area contributed by atoms with Crippen LogP contribution in [0.5, 0.6) is 0 Å². The van der Waals surface area contributed by atoms with E-state index >= 15 is 0 Å². The Balaban J connectivity index is 4.05. The fourth-order valence-corrected chi connectivity index (χ4v) is 0.506. The van der Waals surface area contributed by atoms with Gasteiger partial charge >= 0.3 is 12.1 Å². The summed E-state index contributed by atoms with van der Waals surface area (Å²) in [5, 5.41) is 0. The standard InChI is InChI=1S/C6H10F5N/c1-12(2)4-3-5(7,8)6(9,10)11/h3-4H2,1-2H3. The number of halogens is 5. The zero-order valence-corrected chi connectivity index (χ0v) is 6.75. The molecule has 0 spiro atoms. The van der Waals surface area contributed by atoms with E-state index in [0.717, 1.165) is 0 Å². The van der Waals surface area contributed by atoms with Gasteiger partial charge in [0.2, 0.25) is 0 Å². The van der Waals surface area contributed by atoms with Crippen LogP contribution in [0.15, 0.2) is 0 Å². The molecule has 0 aliphatic rings. The van der Waals surface area contributed by atoms with Gasteiger partial charge in [0.05, 0.1) is 0 Å². The fraction of sp³-hybridized carbons (Fsp3) is 1.00. The van der Waals surface area contributed by atoms with E-state index in [2.05, 4.69) is 0 Å². The Morgan fingerprint density at radius 1 is 1.00 bits per heavy atom. The average molecular weight is 191 g/mol. The van der Waals surface area contributed by atoms with E-state index in [9.17, 15) is 22.0 Å². The van der Waals surface area contributed by atoms with Crippen LogP contribution in [0.1, 0.15) is 6.42 Å². The molecule has 0 aliphatic carbocycles. The van der Waals surface area contributed by atoms with Gasteiger partial charge in [0.25, 0.3) is 0 Å². The molecule has 0 amide bonds. The van der Waals surface area contributed by atoms with Gasteiger partial charge in [0.1, 0.15) is 0 Å². The smallest absolute Gasteiger partial charge is 0.309 e. The van der Waals surface area contributed by atoms with Gasteiger partial charge in [-0.15, -0.1) is 0 Å². The van der Waals surface area contributed by atoms with Crippen molar-refractivity contribution in [3.05, 3.63) is 0 Å². The van der Waals surface area contributed by atoms with Crippen molar-refractivity contribution in [2.75, 3.05) is 20.6 Å². The Bertz CT molecular complexity index is 139. The van der Waals surface area contributed by atoms with Crippen molar-refractivity contribution in [3.63, 3.8) is 0 Å². The molecular weight excluding hydrogens is 181 g/mol. The second-order valence-electron chi connectivity index (χ2n) is 2.76. The molecule has 74 valence electrons. The predicted molar refractivity (Wildman–Crippen MR) is 34.2 cm³/mol. The molecular formula is C6H10F5N. The monoisotopic (exact) mass is 191 g/mol. The molecule has 0 rings (SSSR count). The molecule has 6 heteroatoms. The van der Waals surface area contributed by atoms with Gasteiger partial charge in [0.15, 0.2) is 0 Å². The van der Waals surface area contributed by atoms with Crippen LogP contribution >= 0.6 is 0 Å². The van der Waals surface area contributed by atoms with Crippen molar-refractivity contribution in [1.82, 2.24) is 4.90 Å². The highest BCUT2D eigenvalue weighted by atomic mass is 19.4. The molecule has 0 unspecified atom stereocenters. The molecule has 0 saturated heterocycles. The molecule has 1 nitrogen and oxygen atoms in total. The van der Waals surface area contributed by atoms with Crippen molar-refractivity contribution in [2.45, 2.75) is 18.5 Å². The summed E-state index contributed by atoms with van der Waals surface area (Å²) in [7, 11) is 2.87. The van der Waals surface area contributed by atoms with Crippen LogP contribution in [0, 0.1) is 0 Å². The molecule has 0 bridgehead atoms. The summed E-state index contributed by atoms with van der Waals surface area (Å²) in [4.78, 5) is 1.28. The number of nitrogens with zero attached hydrogens (tertiary/aromatic N) is 1. The lowest BCUT2D eigenvalue weighted by atomic mass is 10.2. The summed E-state index contributed by atoms with van der Waals surface area (Å²) < 4.78 is 58.8. The topological polar surface area (TPSA) is 3.24 Å². The molecule has 0 fully saturated rings. The fourth-order valence-electron chi connectivity index (χ4n) is 0.506. The lowest BCUT2D eigenvalue weighted by Crippen LogP contribution is -2.38. The number of rotatable bonds is 3. The summed E-state index contributed by atoms with van der Waals surface area (Å²) in [6.45, 7) is -0.285. The molecule has 0 N–H and O–H groups in total. The first-order valence-electron chi connectivity index (χ1n) is 3.26. The Labute approximate surface area is 67.2 Å². The number of hydrogen-bond acceptors (Lipinski definition) is 1. The third-order valence-electron chi connectivity index (χ3n) is 1.29. The maximum atomic E-state index is 12.1. The second-order valence-corrected chi connectivity index (χ2v) is 2.76. The Hall–Kier alpha value is -0.390. The van der Waals surface area contributed by atoms with Crippen LogP contribution < -0.4 is 0 Å². The quantitative estimate of drug-likeness (QED) is 0.617. The molecule has 0 atom stereocenters. The molecule has 0 aromatic rings. The third kappa shape index (κ3) is 3.34. The Morgan fingerprint density at radius 2 is 1.42 bits per heavy atom. The van der Waals surface area contributed by atoms with Crippen molar-refractivity contribution in [1.29, 1.82) is 0 Å².